The molecule has 4 nitrogen and oxygen atoms in total. The second kappa shape index (κ2) is 6.34. The number of carbonyl (C=O) groups excluding carboxylic acids is 1. The van der Waals surface area contributed by atoms with E-state index in [4.69, 9.17) is 10.7 Å². The van der Waals surface area contributed by atoms with Gasteiger partial charge in [0.05, 0.1) is 16.8 Å². The Morgan fingerprint density at radius 1 is 1.12 bits per heavy atom. The van der Waals surface area contributed by atoms with Crippen LogP contribution in [0.2, 0.25) is 0 Å². The minimum atomic E-state index is -0.380. The summed E-state index contributed by atoms with van der Waals surface area (Å²) in [5, 5.41) is 1.16. The molecule has 122 valence electrons. The molecule has 1 aliphatic carbocycles. The lowest BCUT2D eigenvalue weighted by Gasteiger charge is -2.20. The third-order valence-corrected chi connectivity index (χ3v) is 5.39. The van der Waals surface area contributed by atoms with Crippen molar-refractivity contribution in [1.82, 2.24) is 9.88 Å². The van der Waals surface area contributed by atoms with Gasteiger partial charge in [0.15, 0.2) is 0 Å². The Morgan fingerprint density at radius 3 is 2.54 bits per heavy atom. The number of amides is 1. The number of carbonyl (C=O) groups is 1. The number of primary amides is 1. The zero-order valence-corrected chi connectivity index (χ0v) is 14.1. The minimum Gasteiger partial charge on any atom is -0.366 e. The van der Waals surface area contributed by atoms with Crippen molar-refractivity contribution < 1.29 is 4.79 Å². The van der Waals surface area contributed by atoms with Gasteiger partial charge in [0.25, 0.3) is 0 Å². The van der Waals surface area contributed by atoms with Gasteiger partial charge in [-0.25, -0.2) is 4.98 Å². The predicted octanol–water partition coefficient (Wildman–Crippen LogP) is 3.56. The summed E-state index contributed by atoms with van der Waals surface area (Å²) < 4.78 is 1.24. The molecule has 0 aliphatic heterocycles. The maximum atomic E-state index is 11.2. The number of fused-ring (bicyclic) bond motifs is 1. The van der Waals surface area contributed by atoms with E-state index in [0.717, 1.165) is 23.6 Å². The van der Waals surface area contributed by atoms with Crippen LogP contribution in [-0.2, 0) is 13.1 Å². The zero-order chi connectivity index (χ0) is 16.5. The van der Waals surface area contributed by atoms with Gasteiger partial charge in [-0.15, -0.1) is 11.3 Å². The average molecular weight is 337 g/mol. The van der Waals surface area contributed by atoms with Crippen molar-refractivity contribution in [3.05, 3.63) is 64.7 Å². The molecule has 0 saturated heterocycles. The van der Waals surface area contributed by atoms with E-state index in [1.54, 1.807) is 23.5 Å². The molecule has 1 heterocycles. The highest BCUT2D eigenvalue weighted by Gasteiger charge is 2.29. The first-order chi connectivity index (χ1) is 11.7. The van der Waals surface area contributed by atoms with Crippen molar-refractivity contribution in [3.8, 4) is 0 Å². The molecule has 0 atom stereocenters. The Balaban J connectivity index is 1.51. The molecule has 5 heteroatoms. The number of thiazole rings is 1. The van der Waals surface area contributed by atoms with Gasteiger partial charge >= 0.3 is 0 Å². The number of para-hydroxylation sites is 1. The fourth-order valence-corrected chi connectivity index (χ4v) is 3.92. The second-order valence-corrected chi connectivity index (χ2v) is 7.39. The van der Waals surface area contributed by atoms with E-state index < -0.39 is 0 Å². The van der Waals surface area contributed by atoms with E-state index in [1.807, 2.05) is 18.2 Å². The van der Waals surface area contributed by atoms with Crippen LogP contribution in [0.3, 0.4) is 0 Å². The van der Waals surface area contributed by atoms with E-state index >= 15 is 0 Å². The summed E-state index contributed by atoms with van der Waals surface area (Å²) >= 11 is 1.77. The molecule has 1 aliphatic rings. The first-order valence-electron chi connectivity index (χ1n) is 8.16. The maximum absolute atomic E-state index is 11.2. The molecule has 0 spiro atoms. The quantitative estimate of drug-likeness (QED) is 0.748. The Labute approximate surface area is 144 Å². The molecule has 2 aromatic carbocycles. The third kappa shape index (κ3) is 3.32. The third-order valence-electron chi connectivity index (χ3n) is 4.36. The van der Waals surface area contributed by atoms with Crippen LogP contribution in [0.25, 0.3) is 10.2 Å². The van der Waals surface area contributed by atoms with Crippen LogP contribution in [0.1, 0.15) is 33.8 Å². The van der Waals surface area contributed by atoms with Gasteiger partial charge in [-0.2, -0.15) is 0 Å². The van der Waals surface area contributed by atoms with E-state index in [9.17, 15) is 4.79 Å². The maximum Gasteiger partial charge on any atom is 0.248 e. The van der Waals surface area contributed by atoms with Crippen molar-refractivity contribution >= 4 is 27.5 Å². The van der Waals surface area contributed by atoms with Crippen LogP contribution in [0, 0.1) is 0 Å². The summed E-state index contributed by atoms with van der Waals surface area (Å²) in [6.45, 7) is 1.75. The van der Waals surface area contributed by atoms with Gasteiger partial charge in [-0.05, 0) is 42.7 Å². The number of hydrogen-bond acceptors (Lipinski definition) is 4. The van der Waals surface area contributed by atoms with E-state index in [0.29, 0.717) is 11.6 Å². The first-order valence-corrected chi connectivity index (χ1v) is 8.98. The summed E-state index contributed by atoms with van der Waals surface area (Å²) in [6, 6.07) is 16.5. The highest BCUT2D eigenvalue weighted by Crippen LogP contribution is 2.31. The standard InChI is InChI=1S/C19H19N3OS/c20-19(23)14-7-5-13(6-8-14)11-22(15-9-10-15)12-18-21-16-3-1-2-4-17(16)24-18/h1-8,15H,9-12H2,(H2,20,23). The van der Waals surface area contributed by atoms with Crippen LogP contribution in [0.15, 0.2) is 48.5 Å². The molecule has 4 rings (SSSR count). The predicted molar refractivity (Wildman–Crippen MR) is 96.8 cm³/mol. The number of hydrogen-bond donors (Lipinski definition) is 1. The number of nitrogens with two attached hydrogens (primary N) is 1. The molecule has 1 amide bonds. The van der Waals surface area contributed by atoms with E-state index in [1.165, 1.54) is 23.1 Å². The fourth-order valence-electron chi connectivity index (χ4n) is 2.92. The number of benzene rings is 2. The first kappa shape index (κ1) is 15.3. The van der Waals surface area contributed by atoms with Crippen molar-refractivity contribution in [2.24, 2.45) is 5.73 Å². The van der Waals surface area contributed by atoms with E-state index in [-0.39, 0.29) is 5.91 Å². The molecular weight excluding hydrogens is 318 g/mol. The van der Waals surface area contributed by atoms with Crippen LogP contribution in [0.4, 0.5) is 0 Å². The van der Waals surface area contributed by atoms with Gasteiger partial charge in [0.2, 0.25) is 5.91 Å². The monoisotopic (exact) mass is 337 g/mol. The Morgan fingerprint density at radius 2 is 1.88 bits per heavy atom. The fraction of sp³-hybridized carbons (Fsp3) is 0.263. The van der Waals surface area contributed by atoms with Crippen LogP contribution in [-0.4, -0.2) is 21.8 Å². The summed E-state index contributed by atoms with van der Waals surface area (Å²) in [6.07, 6.45) is 2.51. The van der Waals surface area contributed by atoms with Gasteiger partial charge in [0.1, 0.15) is 5.01 Å². The van der Waals surface area contributed by atoms with Crippen molar-refractivity contribution in [2.45, 2.75) is 32.0 Å². The molecule has 0 radical (unpaired) electrons. The Hall–Kier alpha value is -2.24. The lowest BCUT2D eigenvalue weighted by atomic mass is 10.1. The van der Waals surface area contributed by atoms with Crippen molar-refractivity contribution in [2.75, 3.05) is 0 Å². The van der Waals surface area contributed by atoms with Crippen molar-refractivity contribution in [3.63, 3.8) is 0 Å². The molecule has 1 saturated carbocycles. The molecule has 3 aromatic rings. The lowest BCUT2D eigenvalue weighted by molar-refractivity contribution is 0.100. The van der Waals surface area contributed by atoms with Crippen LogP contribution >= 0.6 is 11.3 Å². The number of nitrogens with zero attached hydrogens (tertiary/aromatic N) is 2. The largest absolute Gasteiger partial charge is 0.366 e. The molecule has 0 unspecified atom stereocenters. The molecular formula is C19H19N3OS. The normalized spacial score (nSPS) is 14.4. The smallest absolute Gasteiger partial charge is 0.248 e. The summed E-state index contributed by atoms with van der Waals surface area (Å²) in [5.74, 6) is -0.380. The molecule has 1 fully saturated rings. The topological polar surface area (TPSA) is 59.2 Å². The van der Waals surface area contributed by atoms with Gasteiger partial charge in [0, 0.05) is 18.2 Å². The average Bonchev–Trinajstić information content (AvgIpc) is 3.35. The minimum absolute atomic E-state index is 0.380. The molecule has 24 heavy (non-hydrogen) atoms. The van der Waals surface area contributed by atoms with Crippen LogP contribution in [0.5, 0.6) is 0 Å². The molecule has 2 N–H and O–H groups in total. The Kier molecular flexibility index (Phi) is 4.04. The summed E-state index contributed by atoms with van der Waals surface area (Å²) in [4.78, 5) is 18.4. The highest BCUT2D eigenvalue weighted by atomic mass is 32.1. The molecule has 1 aromatic heterocycles. The number of rotatable bonds is 6. The summed E-state index contributed by atoms with van der Waals surface area (Å²) in [7, 11) is 0. The second-order valence-electron chi connectivity index (χ2n) is 6.27. The number of aromatic nitrogens is 1. The molecule has 0 bridgehead atoms. The van der Waals surface area contributed by atoms with Crippen molar-refractivity contribution in [1.29, 1.82) is 0 Å². The highest BCUT2D eigenvalue weighted by molar-refractivity contribution is 7.18. The summed E-state index contributed by atoms with van der Waals surface area (Å²) in [5.41, 5.74) is 8.15. The SMILES string of the molecule is NC(=O)c1ccc(CN(Cc2nc3ccccc3s2)C2CC2)cc1. The van der Waals surface area contributed by atoms with Crippen LogP contribution < -0.4 is 5.73 Å². The van der Waals surface area contributed by atoms with Gasteiger partial charge in [-0.3, -0.25) is 9.69 Å². The van der Waals surface area contributed by atoms with Gasteiger partial charge < -0.3 is 5.73 Å². The lowest BCUT2D eigenvalue weighted by Crippen LogP contribution is -2.25. The van der Waals surface area contributed by atoms with Gasteiger partial charge in [-0.1, -0.05) is 24.3 Å². The Bertz CT molecular complexity index is 835. The van der Waals surface area contributed by atoms with E-state index in [2.05, 4.69) is 23.1 Å². The zero-order valence-electron chi connectivity index (χ0n) is 13.3.